The van der Waals surface area contributed by atoms with Crippen LogP contribution in [0.4, 0.5) is 5.69 Å². The fraction of sp³-hybridized carbons (Fsp3) is 0.222. The predicted molar refractivity (Wildman–Crippen MR) is 90.6 cm³/mol. The summed E-state index contributed by atoms with van der Waals surface area (Å²) in [6.45, 7) is -0.00314. The molecule has 0 radical (unpaired) electrons. The number of hydrogen-bond acceptors (Lipinski definition) is 4. The fourth-order valence-electron chi connectivity index (χ4n) is 2.40. The molecule has 6 heteroatoms. The molecule has 0 atom stereocenters. The summed E-state index contributed by atoms with van der Waals surface area (Å²) in [5, 5.41) is 3.37. The maximum absolute atomic E-state index is 11.9. The second kappa shape index (κ2) is 7.36. The summed E-state index contributed by atoms with van der Waals surface area (Å²) in [7, 11) is 0. The molecule has 5 nitrogen and oxygen atoms in total. The molecule has 0 aliphatic carbocycles. The molecule has 124 valence electrons. The van der Waals surface area contributed by atoms with E-state index >= 15 is 0 Å². The van der Waals surface area contributed by atoms with Gasteiger partial charge in [0.25, 0.3) is 5.91 Å². The first-order valence-corrected chi connectivity index (χ1v) is 8.00. The Balaban J connectivity index is 1.50. The average molecular weight is 346 g/mol. The predicted octanol–water partition coefficient (Wildman–Crippen LogP) is 3.60. The first-order chi connectivity index (χ1) is 11.6. The van der Waals surface area contributed by atoms with Crippen molar-refractivity contribution in [3.63, 3.8) is 0 Å². The van der Waals surface area contributed by atoms with Gasteiger partial charge in [-0.05, 0) is 42.7 Å². The van der Waals surface area contributed by atoms with Crippen molar-refractivity contribution >= 4 is 29.2 Å². The van der Waals surface area contributed by atoms with Gasteiger partial charge >= 0.3 is 5.97 Å². The minimum Gasteiger partial charge on any atom is -0.482 e. The number of amides is 1. The lowest BCUT2D eigenvalue weighted by molar-refractivity contribution is -0.134. The zero-order valence-corrected chi connectivity index (χ0v) is 13.6. The summed E-state index contributed by atoms with van der Waals surface area (Å²) in [6, 6.07) is 12.5. The van der Waals surface area contributed by atoms with Gasteiger partial charge in [-0.1, -0.05) is 23.7 Å². The molecular weight excluding hydrogens is 330 g/mol. The van der Waals surface area contributed by atoms with E-state index < -0.39 is 0 Å². The third-order valence-electron chi connectivity index (χ3n) is 3.58. The van der Waals surface area contributed by atoms with E-state index in [2.05, 4.69) is 5.32 Å². The van der Waals surface area contributed by atoms with Crippen LogP contribution >= 0.6 is 11.6 Å². The van der Waals surface area contributed by atoms with Crippen LogP contribution in [-0.2, 0) is 16.0 Å². The Labute approximate surface area is 144 Å². The number of fused-ring (bicyclic) bond motifs is 1. The lowest BCUT2D eigenvalue weighted by Gasteiger charge is -2.18. The number of halogens is 1. The number of hydrogen-bond donors (Lipinski definition) is 1. The Hall–Kier alpha value is -2.53. The van der Waals surface area contributed by atoms with Gasteiger partial charge in [0.15, 0.2) is 6.61 Å². The average Bonchev–Trinajstić information content (AvgIpc) is 2.56. The van der Waals surface area contributed by atoms with Crippen LogP contribution in [0.5, 0.6) is 11.5 Å². The topological polar surface area (TPSA) is 64.6 Å². The van der Waals surface area contributed by atoms with Crippen LogP contribution in [-0.4, -0.2) is 18.5 Å². The molecule has 2 aromatic rings. The van der Waals surface area contributed by atoms with Crippen LogP contribution in [0.2, 0.25) is 5.02 Å². The van der Waals surface area contributed by atoms with Crippen LogP contribution in [0.1, 0.15) is 18.4 Å². The molecule has 1 N–H and O–H groups in total. The summed E-state index contributed by atoms with van der Waals surface area (Å²) in [5.74, 6) is 0.411. The number of benzene rings is 2. The third-order valence-corrected chi connectivity index (χ3v) is 3.83. The molecule has 0 saturated carbocycles. The maximum Gasteiger partial charge on any atom is 0.311 e. The monoisotopic (exact) mass is 345 g/mol. The van der Waals surface area contributed by atoms with Crippen LogP contribution in [0.3, 0.4) is 0 Å². The molecule has 3 rings (SSSR count). The molecule has 1 heterocycles. The highest BCUT2D eigenvalue weighted by molar-refractivity contribution is 6.30. The van der Waals surface area contributed by atoms with Gasteiger partial charge in [-0.25, -0.2) is 0 Å². The van der Waals surface area contributed by atoms with Crippen molar-refractivity contribution in [1.82, 2.24) is 0 Å². The van der Waals surface area contributed by atoms with Crippen molar-refractivity contribution in [3.05, 3.63) is 53.1 Å². The van der Waals surface area contributed by atoms with Crippen molar-refractivity contribution in [2.75, 3.05) is 11.9 Å². The van der Waals surface area contributed by atoms with Gasteiger partial charge in [0.1, 0.15) is 11.5 Å². The van der Waals surface area contributed by atoms with E-state index in [1.165, 1.54) is 0 Å². The van der Waals surface area contributed by atoms with Crippen molar-refractivity contribution in [1.29, 1.82) is 0 Å². The minimum absolute atomic E-state index is 0.00314. The molecule has 0 spiro atoms. The molecule has 0 saturated heterocycles. The molecular formula is C18H16ClNO4. The Kier molecular flexibility index (Phi) is 5.01. The maximum atomic E-state index is 11.9. The highest BCUT2D eigenvalue weighted by Crippen LogP contribution is 2.31. The van der Waals surface area contributed by atoms with Gasteiger partial charge in [0.05, 0.1) is 5.69 Å². The van der Waals surface area contributed by atoms with Gasteiger partial charge < -0.3 is 14.8 Å². The Bertz CT molecular complexity index is 758. The van der Waals surface area contributed by atoms with Gasteiger partial charge in [-0.15, -0.1) is 0 Å². The highest BCUT2D eigenvalue weighted by Gasteiger charge is 2.17. The van der Waals surface area contributed by atoms with Crippen molar-refractivity contribution < 1.29 is 19.1 Å². The van der Waals surface area contributed by atoms with Crippen LogP contribution in [0.15, 0.2) is 42.5 Å². The molecule has 0 fully saturated rings. The smallest absolute Gasteiger partial charge is 0.311 e. The molecule has 1 aliphatic rings. The minimum atomic E-state index is -0.313. The Morgan fingerprint density at radius 3 is 2.79 bits per heavy atom. The molecule has 1 amide bonds. The van der Waals surface area contributed by atoms with Crippen LogP contribution in [0, 0.1) is 0 Å². The van der Waals surface area contributed by atoms with Gasteiger partial charge in [0.2, 0.25) is 0 Å². The van der Waals surface area contributed by atoms with E-state index in [0.717, 1.165) is 12.0 Å². The lowest BCUT2D eigenvalue weighted by atomic mass is 10.1. The summed E-state index contributed by atoms with van der Waals surface area (Å²) in [6.07, 6.45) is 1.77. The number of carbonyl (C=O) groups is 2. The molecule has 24 heavy (non-hydrogen) atoms. The molecule has 1 aliphatic heterocycles. The quantitative estimate of drug-likeness (QED) is 0.664. The van der Waals surface area contributed by atoms with Gasteiger partial charge in [0, 0.05) is 17.5 Å². The summed E-state index contributed by atoms with van der Waals surface area (Å²) < 4.78 is 10.6. The van der Waals surface area contributed by atoms with Crippen molar-refractivity contribution in [2.24, 2.45) is 0 Å². The van der Waals surface area contributed by atoms with E-state index in [0.29, 0.717) is 35.1 Å². The summed E-state index contributed by atoms with van der Waals surface area (Å²) >= 11 is 5.84. The lowest BCUT2D eigenvalue weighted by Crippen LogP contribution is -2.25. The second-order valence-corrected chi connectivity index (χ2v) is 5.89. The second-order valence-electron chi connectivity index (χ2n) is 5.45. The number of aryl methyl sites for hydroxylation is 1. The van der Waals surface area contributed by atoms with Crippen LogP contribution < -0.4 is 14.8 Å². The standard InChI is InChI=1S/C18H16ClNO4/c19-13-6-4-12(5-7-13)2-1-3-18(22)24-14-8-9-16-15(10-14)20-17(21)11-23-16/h4-10H,1-3,11H2,(H,20,21). The van der Waals surface area contributed by atoms with Crippen LogP contribution in [0.25, 0.3) is 0 Å². The Morgan fingerprint density at radius 1 is 1.21 bits per heavy atom. The molecule has 0 unspecified atom stereocenters. The van der Waals surface area contributed by atoms with Crippen molar-refractivity contribution in [3.8, 4) is 11.5 Å². The van der Waals surface area contributed by atoms with E-state index in [-0.39, 0.29) is 18.5 Å². The number of anilines is 1. The highest BCUT2D eigenvalue weighted by atomic mass is 35.5. The van der Waals surface area contributed by atoms with E-state index in [1.54, 1.807) is 18.2 Å². The fourth-order valence-corrected chi connectivity index (χ4v) is 2.52. The molecule has 2 aromatic carbocycles. The SMILES string of the molecule is O=C1COc2ccc(OC(=O)CCCc3ccc(Cl)cc3)cc2N1. The summed E-state index contributed by atoms with van der Waals surface area (Å²) in [5.41, 5.74) is 1.64. The van der Waals surface area contributed by atoms with E-state index in [1.807, 2.05) is 24.3 Å². The number of nitrogens with one attached hydrogen (secondary N) is 1. The van der Waals surface area contributed by atoms with E-state index in [4.69, 9.17) is 21.1 Å². The van der Waals surface area contributed by atoms with E-state index in [9.17, 15) is 9.59 Å². The third kappa shape index (κ3) is 4.26. The Morgan fingerprint density at radius 2 is 2.00 bits per heavy atom. The molecule has 0 aromatic heterocycles. The van der Waals surface area contributed by atoms with Crippen molar-refractivity contribution in [2.45, 2.75) is 19.3 Å². The van der Waals surface area contributed by atoms with Gasteiger partial charge in [-0.3, -0.25) is 9.59 Å². The number of esters is 1. The van der Waals surface area contributed by atoms with Gasteiger partial charge in [-0.2, -0.15) is 0 Å². The zero-order chi connectivity index (χ0) is 16.9. The number of rotatable bonds is 5. The largest absolute Gasteiger partial charge is 0.482 e. The molecule has 0 bridgehead atoms. The number of ether oxygens (including phenoxy) is 2. The first-order valence-electron chi connectivity index (χ1n) is 7.62. The first kappa shape index (κ1) is 16.3. The number of carbonyl (C=O) groups excluding carboxylic acids is 2. The summed E-state index contributed by atoms with van der Waals surface area (Å²) in [4.78, 5) is 23.2. The normalized spacial score (nSPS) is 12.8. The zero-order valence-electron chi connectivity index (χ0n) is 12.9.